The van der Waals surface area contributed by atoms with Crippen molar-refractivity contribution in [1.29, 1.82) is 0 Å². The number of para-hydroxylation sites is 1. The minimum Gasteiger partial charge on any atom is -0.349 e. The van der Waals surface area contributed by atoms with Crippen LogP contribution in [0.15, 0.2) is 54.6 Å². The summed E-state index contributed by atoms with van der Waals surface area (Å²) in [6.07, 6.45) is 2.55. The highest BCUT2D eigenvalue weighted by Crippen LogP contribution is 2.38. The normalized spacial score (nSPS) is 20.9. The summed E-state index contributed by atoms with van der Waals surface area (Å²) in [5, 5.41) is 8.90. The van der Waals surface area contributed by atoms with Gasteiger partial charge in [0.25, 0.3) is 5.91 Å². The third kappa shape index (κ3) is 5.95. The Morgan fingerprint density at radius 2 is 1.53 bits per heavy atom. The number of rotatable bonds is 7. The molecule has 0 spiro atoms. The van der Waals surface area contributed by atoms with Gasteiger partial charge in [0.2, 0.25) is 11.8 Å². The van der Waals surface area contributed by atoms with E-state index in [1.807, 2.05) is 30.3 Å². The molecule has 7 nitrogen and oxygen atoms in total. The Morgan fingerprint density at radius 3 is 2.16 bits per heavy atom. The quantitative estimate of drug-likeness (QED) is 0.625. The van der Waals surface area contributed by atoms with Gasteiger partial charge in [-0.05, 0) is 61.6 Å². The van der Waals surface area contributed by atoms with Crippen LogP contribution in [0.25, 0.3) is 0 Å². The molecule has 2 fully saturated rings. The number of nitrogens with zero attached hydrogens (tertiary/aromatic N) is 1. The summed E-state index contributed by atoms with van der Waals surface area (Å²) in [6, 6.07) is 16.5. The Hall–Kier alpha value is -3.19. The van der Waals surface area contributed by atoms with Crippen molar-refractivity contribution in [3.05, 3.63) is 60.2 Å². The van der Waals surface area contributed by atoms with Crippen molar-refractivity contribution in [1.82, 2.24) is 10.2 Å². The largest absolute Gasteiger partial charge is 0.349 e. The Kier molecular flexibility index (Phi) is 6.85. The van der Waals surface area contributed by atoms with Crippen molar-refractivity contribution in [2.45, 2.75) is 32.2 Å². The van der Waals surface area contributed by atoms with Gasteiger partial charge in [-0.15, -0.1) is 0 Å². The summed E-state index contributed by atoms with van der Waals surface area (Å²) in [4.78, 5) is 39.0. The Balaban J connectivity index is 1.19. The molecule has 1 saturated carbocycles. The molecular formula is C25H30N4O3. The maximum atomic E-state index is 12.6. The molecule has 1 saturated heterocycles. The van der Waals surface area contributed by atoms with E-state index in [4.69, 9.17) is 0 Å². The summed E-state index contributed by atoms with van der Waals surface area (Å²) in [5.41, 5.74) is 2.09. The van der Waals surface area contributed by atoms with Crippen molar-refractivity contribution >= 4 is 29.1 Å². The van der Waals surface area contributed by atoms with E-state index >= 15 is 0 Å². The molecule has 1 aliphatic heterocycles. The fourth-order valence-corrected chi connectivity index (χ4v) is 4.06. The summed E-state index contributed by atoms with van der Waals surface area (Å²) < 4.78 is 0. The molecule has 2 unspecified atom stereocenters. The summed E-state index contributed by atoms with van der Waals surface area (Å²) >= 11 is 0. The molecule has 32 heavy (non-hydrogen) atoms. The number of hydrogen-bond acceptors (Lipinski definition) is 4. The van der Waals surface area contributed by atoms with Gasteiger partial charge in [0, 0.05) is 42.0 Å². The minimum atomic E-state index is -0.112. The van der Waals surface area contributed by atoms with E-state index in [1.54, 1.807) is 24.3 Å². The summed E-state index contributed by atoms with van der Waals surface area (Å²) in [7, 11) is 0. The van der Waals surface area contributed by atoms with Gasteiger partial charge in [-0.25, -0.2) is 0 Å². The molecular weight excluding hydrogens is 404 g/mol. The molecule has 0 bridgehead atoms. The first kappa shape index (κ1) is 22.0. The Labute approximate surface area is 188 Å². The van der Waals surface area contributed by atoms with Crippen LogP contribution < -0.4 is 16.0 Å². The number of carbonyl (C=O) groups excluding carboxylic acids is 3. The number of nitrogens with one attached hydrogen (secondary N) is 3. The second-order valence-corrected chi connectivity index (χ2v) is 8.82. The molecule has 2 aromatic carbocycles. The zero-order valence-corrected chi connectivity index (χ0v) is 18.3. The van der Waals surface area contributed by atoms with E-state index in [-0.39, 0.29) is 29.7 Å². The van der Waals surface area contributed by atoms with Crippen LogP contribution in [0.3, 0.4) is 0 Å². The Morgan fingerprint density at radius 1 is 0.906 bits per heavy atom. The highest BCUT2D eigenvalue weighted by Gasteiger charge is 2.39. The van der Waals surface area contributed by atoms with Crippen molar-refractivity contribution in [3.8, 4) is 0 Å². The third-order valence-electron chi connectivity index (χ3n) is 6.21. The first-order chi connectivity index (χ1) is 15.5. The lowest BCUT2D eigenvalue weighted by atomic mass is 10.0. The number of amides is 3. The first-order valence-electron chi connectivity index (χ1n) is 11.3. The molecule has 2 aromatic rings. The van der Waals surface area contributed by atoms with Gasteiger partial charge < -0.3 is 16.0 Å². The Bertz CT molecular complexity index is 953. The van der Waals surface area contributed by atoms with Crippen LogP contribution in [0.2, 0.25) is 0 Å². The zero-order valence-electron chi connectivity index (χ0n) is 18.3. The van der Waals surface area contributed by atoms with Crippen LogP contribution in [-0.4, -0.2) is 48.3 Å². The monoisotopic (exact) mass is 434 g/mol. The average molecular weight is 435 g/mol. The molecule has 2 atom stereocenters. The summed E-state index contributed by atoms with van der Waals surface area (Å²) in [5.74, 6) is 0.498. The molecule has 7 heteroatoms. The fraction of sp³-hybridized carbons (Fsp3) is 0.400. The number of piperidine rings is 1. The van der Waals surface area contributed by atoms with Crippen LogP contribution in [0.1, 0.15) is 36.5 Å². The minimum absolute atomic E-state index is 0.0259. The van der Waals surface area contributed by atoms with Crippen LogP contribution in [0.5, 0.6) is 0 Å². The van der Waals surface area contributed by atoms with E-state index in [2.05, 4.69) is 27.8 Å². The van der Waals surface area contributed by atoms with Gasteiger partial charge >= 0.3 is 0 Å². The smallest absolute Gasteiger partial charge is 0.251 e. The van der Waals surface area contributed by atoms with Crippen LogP contribution in [0.4, 0.5) is 11.4 Å². The molecule has 0 radical (unpaired) electrons. The van der Waals surface area contributed by atoms with Gasteiger partial charge in [0.15, 0.2) is 0 Å². The van der Waals surface area contributed by atoms with Gasteiger partial charge in [-0.3, -0.25) is 19.3 Å². The van der Waals surface area contributed by atoms with Crippen molar-refractivity contribution < 1.29 is 14.4 Å². The molecule has 1 heterocycles. The fourth-order valence-electron chi connectivity index (χ4n) is 4.06. The maximum Gasteiger partial charge on any atom is 0.251 e. The number of carbonyl (C=O) groups is 3. The molecule has 4 rings (SSSR count). The highest BCUT2D eigenvalue weighted by atomic mass is 16.2. The van der Waals surface area contributed by atoms with Gasteiger partial charge in [0.05, 0.1) is 6.54 Å². The van der Waals surface area contributed by atoms with E-state index in [0.717, 1.165) is 38.0 Å². The lowest BCUT2D eigenvalue weighted by molar-refractivity contribution is -0.118. The topological polar surface area (TPSA) is 90.5 Å². The highest BCUT2D eigenvalue weighted by molar-refractivity contribution is 5.97. The molecule has 0 aromatic heterocycles. The number of likely N-dealkylation sites (tertiary alicyclic amines) is 1. The lowest BCUT2D eigenvalue weighted by Crippen LogP contribution is -2.46. The van der Waals surface area contributed by atoms with Crippen LogP contribution in [0, 0.1) is 11.8 Å². The zero-order chi connectivity index (χ0) is 22.5. The first-order valence-corrected chi connectivity index (χ1v) is 11.3. The van der Waals surface area contributed by atoms with Gasteiger partial charge in [-0.2, -0.15) is 0 Å². The third-order valence-corrected chi connectivity index (χ3v) is 6.21. The van der Waals surface area contributed by atoms with E-state index < -0.39 is 0 Å². The molecule has 2 aliphatic rings. The van der Waals surface area contributed by atoms with Crippen molar-refractivity contribution in [3.63, 3.8) is 0 Å². The molecule has 1 aliphatic carbocycles. The summed E-state index contributed by atoms with van der Waals surface area (Å²) in [6.45, 7) is 3.94. The van der Waals surface area contributed by atoms with Crippen molar-refractivity contribution in [2.75, 3.05) is 30.3 Å². The van der Waals surface area contributed by atoms with Crippen LogP contribution in [-0.2, 0) is 9.59 Å². The molecule has 3 N–H and O–H groups in total. The second kappa shape index (κ2) is 9.96. The van der Waals surface area contributed by atoms with E-state index in [9.17, 15) is 14.4 Å². The predicted molar refractivity (Wildman–Crippen MR) is 124 cm³/mol. The predicted octanol–water partition coefficient (Wildman–Crippen LogP) is 3.11. The average Bonchev–Trinajstić information content (AvgIpc) is 3.53. The second-order valence-electron chi connectivity index (χ2n) is 8.82. The standard InChI is InChI=1S/C25H30N4O3/c1-17-15-22(17)25(32)28-20-9-7-18(8-10-20)24(31)27-21-11-13-29(14-12-21)16-23(30)26-19-5-3-2-4-6-19/h2-10,17,21-22H,11-16H2,1H3,(H,26,30)(H,27,31)(H,28,32). The molecule has 3 amide bonds. The van der Waals surface area contributed by atoms with Crippen molar-refractivity contribution in [2.24, 2.45) is 11.8 Å². The van der Waals surface area contributed by atoms with E-state index in [1.165, 1.54) is 0 Å². The van der Waals surface area contributed by atoms with Crippen LogP contribution >= 0.6 is 0 Å². The molecule has 168 valence electrons. The number of anilines is 2. The maximum absolute atomic E-state index is 12.6. The van der Waals surface area contributed by atoms with E-state index in [0.29, 0.717) is 23.7 Å². The SMILES string of the molecule is CC1CC1C(=O)Nc1ccc(C(=O)NC2CCN(CC(=O)Nc3ccccc3)CC2)cc1. The van der Waals surface area contributed by atoms with Gasteiger partial charge in [-0.1, -0.05) is 25.1 Å². The van der Waals surface area contributed by atoms with Gasteiger partial charge in [0.1, 0.15) is 0 Å². The number of benzene rings is 2. The number of hydrogen-bond donors (Lipinski definition) is 3. The lowest BCUT2D eigenvalue weighted by Gasteiger charge is -2.31.